The van der Waals surface area contributed by atoms with Crippen molar-refractivity contribution in [2.75, 3.05) is 33.8 Å². The van der Waals surface area contributed by atoms with Gasteiger partial charge >= 0.3 is 5.97 Å². The molecule has 0 unspecified atom stereocenters. The Kier molecular flexibility index (Phi) is 9.61. The van der Waals surface area contributed by atoms with Crippen molar-refractivity contribution >= 4 is 29.8 Å². The maximum Gasteiger partial charge on any atom is 0.327 e. The van der Waals surface area contributed by atoms with Crippen LogP contribution in [0, 0.1) is 5.41 Å². The maximum absolute atomic E-state index is 15.3. The van der Waals surface area contributed by atoms with Crippen molar-refractivity contribution in [2.24, 2.45) is 5.41 Å². The molecule has 13 nitrogen and oxygen atoms in total. The lowest BCUT2D eigenvalue weighted by Crippen LogP contribution is -2.70. The summed E-state index contributed by atoms with van der Waals surface area (Å²) in [5.41, 5.74) is 1.62. The number of ether oxygens (including phenoxy) is 3. The highest BCUT2D eigenvalue weighted by Gasteiger charge is 2.77. The van der Waals surface area contributed by atoms with Crippen LogP contribution in [-0.2, 0) is 50.6 Å². The smallest absolute Gasteiger partial charge is 0.327 e. The molecule has 0 aromatic heterocycles. The van der Waals surface area contributed by atoms with Gasteiger partial charge in [-0.05, 0) is 30.0 Å². The van der Waals surface area contributed by atoms with Crippen molar-refractivity contribution in [1.82, 2.24) is 20.2 Å². The van der Waals surface area contributed by atoms with Crippen molar-refractivity contribution in [1.29, 1.82) is 0 Å². The van der Waals surface area contributed by atoms with Crippen LogP contribution in [0.2, 0.25) is 0 Å². The van der Waals surface area contributed by atoms with Crippen LogP contribution in [0.4, 0.5) is 0 Å². The third kappa shape index (κ3) is 6.00. The number of likely N-dealkylation sites (tertiary alicyclic amines) is 1. The second-order valence-corrected chi connectivity index (χ2v) is 14.7. The van der Waals surface area contributed by atoms with E-state index in [0.717, 1.165) is 22.3 Å². The number of nitrogens with one attached hydrogen (secondary N) is 1. The van der Waals surface area contributed by atoms with Gasteiger partial charge in [0.05, 0.1) is 13.2 Å². The number of nitrogens with zero attached hydrogens (tertiary/aromatic N) is 3. The fraction of sp³-hybridized carbons (Fsp3) is 0.415. The Hall–Kier alpha value is -4.92. The zero-order chi connectivity index (χ0) is 37.6. The Balaban J connectivity index is 1.18. The molecule has 2 N–H and O–H groups in total. The normalized spacial score (nSPS) is 29.5. The summed E-state index contributed by atoms with van der Waals surface area (Å²) in [6.07, 6.45) is 0.948. The fourth-order valence-corrected chi connectivity index (χ4v) is 8.75. The molecule has 0 spiro atoms. The number of aliphatic hydroxyl groups is 1. The van der Waals surface area contributed by atoms with E-state index in [1.165, 1.54) is 16.0 Å². The van der Waals surface area contributed by atoms with Crippen molar-refractivity contribution in [3.8, 4) is 0 Å². The number of amides is 3. The SMILES string of the molecule is CN(C)C(=O)C=Cc1ccc(CN2O[C@@H]3[C@H]4OC(c5ccccc5)(c5ccccc5)O[C@H]4[C@H]4C[C@]3(C(=O)N3CCC[C@@H]3C(=O)NCCO)[C@@H]2C(=O)O4)cc1. The van der Waals surface area contributed by atoms with Gasteiger partial charge in [-0.25, -0.2) is 0 Å². The summed E-state index contributed by atoms with van der Waals surface area (Å²) in [7, 11) is 3.37. The Morgan fingerprint density at radius 1 is 0.944 bits per heavy atom. The number of carbonyl (C=O) groups is 4. The minimum Gasteiger partial charge on any atom is -0.458 e. The number of rotatable bonds is 10. The summed E-state index contributed by atoms with van der Waals surface area (Å²) in [5, 5.41) is 13.6. The summed E-state index contributed by atoms with van der Waals surface area (Å²) in [6.45, 7) is 0.298. The molecule has 4 saturated heterocycles. The monoisotopic (exact) mass is 736 g/mol. The predicted molar refractivity (Wildman–Crippen MR) is 194 cm³/mol. The maximum atomic E-state index is 15.3. The van der Waals surface area contributed by atoms with Crippen LogP contribution in [-0.4, -0.2) is 114 Å². The van der Waals surface area contributed by atoms with Gasteiger partial charge in [0.1, 0.15) is 35.9 Å². The average molecular weight is 737 g/mol. The predicted octanol–water partition coefficient (Wildman–Crippen LogP) is 2.37. The first kappa shape index (κ1) is 36.1. The first-order chi connectivity index (χ1) is 26.2. The molecule has 7 atom stereocenters. The van der Waals surface area contributed by atoms with Crippen LogP contribution in [0.25, 0.3) is 6.08 Å². The second kappa shape index (κ2) is 14.4. The minimum absolute atomic E-state index is 0.0651. The van der Waals surface area contributed by atoms with E-state index in [4.69, 9.17) is 19.0 Å². The molecule has 8 rings (SSSR count). The molecule has 3 amide bonds. The van der Waals surface area contributed by atoms with Crippen LogP contribution in [0.15, 0.2) is 91.0 Å². The van der Waals surface area contributed by atoms with Crippen LogP contribution in [0.5, 0.6) is 0 Å². The third-order valence-corrected chi connectivity index (χ3v) is 11.3. The van der Waals surface area contributed by atoms with Gasteiger partial charge in [-0.3, -0.25) is 24.0 Å². The fourth-order valence-electron chi connectivity index (χ4n) is 8.75. The van der Waals surface area contributed by atoms with Gasteiger partial charge in [-0.15, -0.1) is 0 Å². The van der Waals surface area contributed by atoms with Crippen LogP contribution >= 0.6 is 0 Å². The number of esters is 1. The topological polar surface area (TPSA) is 147 Å². The summed E-state index contributed by atoms with van der Waals surface area (Å²) in [6, 6.07) is 24.7. The molecule has 4 aliphatic heterocycles. The van der Waals surface area contributed by atoms with Crippen molar-refractivity contribution in [3.05, 3.63) is 113 Å². The van der Waals surface area contributed by atoms with Crippen LogP contribution < -0.4 is 5.32 Å². The lowest BCUT2D eigenvalue weighted by Gasteiger charge is -2.50. The number of hydrogen-bond donors (Lipinski definition) is 2. The average Bonchev–Trinajstić information content (AvgIpc) is 3.93. The third-order valence-electron chi connectivity index (χ3n) is 11.3. The first-order valence-corrected chi connectivity index (χ1v) is 18.4. The van der Waals surface area contributed by atoms with E-state index in [9.17, 15) is 19.5 Å². The van der Waals surface area contributed by atoms with Gasteiger partial charge in [0.15, 0.2) is 6.04 Å². The van der Waals surface area contributed by atoms with E-state index in [1.54, 1.807) is 25.1 Å². The number of carbonyl (C=O) groups excluding carboxylic acids is 4. The van der Waals surface area contributed by atoms with Gasteiger partial charge < -0.3 is 34.4 Å². The molecular weight excluding hydrogens is 692 g/mol. The molecule has 0 radical (unpaired) electrons. The zero-order valence-corrected chi connectivity index (χ0v) is 30.2. The molecule has 13 heteroatoms. The number of fused-ring (bicyclic) bond motifs is 4. The van der Waals surface area contributed by atoms with Gasteiger partial charge in [-0.2, -0.15) is 5.06 Å². The van der Waals surface area contributed by atoms with Crippen LogP contribution in [0.3, 0.4) is 0 Å². The van der Waals surface area contributed by atoms with E-state index >= 15 is 4.79 Å². The van der Waals surface area contributed by atoms with Gasteiger partial charge in [0, 0.05) is 50.8 Å². The van der Waals surface area contributed by atoms with E-state index in [0.29, 0.717) is 19.4 Å². The molecular formula is C41H44N4O9. The number of hydroxylamine groups is 2. The Morgan fingerprint density at radius 2 is 1.61 bits per heavy atom. The standard InChI is InChI=1S/C41H44N4O9/c1-43(2)32(47)20-19-26-15-17-27(18-16-26)25-45-35-38(49)51-31-24-40(35,39(50)44-22-9-14-30(44)37(48)42-21-23-46)36(54-45)34-33(31)52-41(53-34,28-10-5-3-6-11-28)29-12-7-4-8-13-29/h3-8,10-13,15-20,30-31,33-36,46H,9,14,21-25H2,1-2H3,(H,42,48)/t30-,31-,33+,34+,35+,36-,40+/m1/s1. The number of benzene rings is 3. The molecule has 1 aliphatic carbocycles. The Labute approximate surface area is 313 Å². The molecule has 54 heavy (non-hydrogen) atoms. The highest BCUT2D eigenvalue weighted by atomic mass is 16.8. The summed E-state index contributed by atoms with van der Waals surface area (Å²) >= 11 is 0. The van der Waals surface area contributed by atoms with Gasteiger partial charge in [0.2, 0.25) is 23.5 Å². The molecule has 5 aliphatic rings. The van der Waals surface area contributed by atoms with Crippen molar-refractivity contribution in [2.45, 2.75) is 68.1 Å². The summed E-state index contributed by atoms with van der Waals surface area (Å²) in [4.78, 5) is 64.9. The Bertz CT molecular complexity index is 1880. The highest BCUT2D eigenvalue weighted by Crippen LogP contribution is 2.60. The number of likely N-dealkylation sites (N-methyl/N-ethyl adjacent to an activating group) is 1. The van der Waals surface area contributed by atoms with E-state index < -0.39 is 53.7 Å². The molecule has 3 aromatic rings. The lowest BCUT2D eigenvalue weighted by molar-refractivity contribution is -0.214. The molecule has 2 bridgehead atoms. The largest absolute Gasteiger partial charge is 0.458 e. The molecule has 282 valence electrons. The summed E-state index contributed by atoms with van der Waals surface area (Å²) < 4.78 is 20.2. The van der Waals surface area contributed by atoms with E-state index in [-0.39, 0.29) is 43.8 Å². The molecule has 5 fully saturated rings. The van der Waals surface area contributed by atoms with Gasteiger partial charge in [-0.1, -0.05) is 84.9 Å². The van der Waals surface area contributed by atoms with Crippen molar-refractivity contribution < 1.29 is 43.3 Å². The number of aliphatic hydroxyl groups excluding tert-OH is 1. The summed E-state index contributed by atoms with van der Waals surface area (Å²) in [5.74, 6) is -2.86. The minimum atomic E-state index is -1.47. The zero-order valence-electron chi connectivity index (χ0n) is 30.2. The molecule has 3 aromatic carbocycles. The van der Waals surface area contributed by atoms with E-state index in [1.807, 2.05) is 84.9 Å². The van der Waals surface area contributed by atoms with E-state index in [2.05, 4.69) is 5.32 Å². The lowest BCUT2D eigenvalue weighted by atomic mass is 9.62. The highest BCUT2D eigenvalue weighted by molar-refractivity contribution is 5.96. The number of hydrogen-bond acceptors (Lipinski definition) is 10. The van der Waals surface area contributed by atoms with Gasteiger partial charge in [0.25, 0.3) is 0 Å². The molecule has 4 heterocycles. The first-order valence-electron chi connectivity index (χ1n) is 18.4. The van der Waals surface area contributed by atoms with Crippen molar-refractivity contribution in [3.63, 3.8) is 0 Å². The quantitative estimate of drug-likeness (QED) is 0.235. The Morgan fingerprint density at radius 3 is 2.26 bits per heavy atom. The second-order valence-electron chi connectivity index (χ2n) is 14.7. The molecule has 1 saturated carbocycles. The van der Waals surface area contributed by atoms with Crippen LogP contribution in [0.1, 0.15) is 41.5 Å².